The van der Waals surface area contributed by atoms with Crippen LogP contribution in [0.5, 0.6) is 0 Å². The molecular weight excluding hydrogens is 271 g/mol. The first-order valence-corrected chi connectivity index (χ1v) is 6.62. The Morgan fingerprint density at radius 1 is 1.33 bits per heavy atom. The highest BCUT2D eigenvalue weighted by molar-refractivity contribution is 7.90. The molecule has 18 heavy (non-hydrogen) atoms. The van der Waals surface area contributed by atoms with Crippen LogP contribution in [0.15, 0.2) is 23.1 Å². The average Bonchev–Trinajstić information content (AvgIpc) is 2.23. The van der Waals surface area contributed by atoms with Crippen molar-refractivity contribution in [1.82, 2.24) is 0 Å². The number of sulfone groups is 1. The Morgan fingerprint density at radius 3 is 2.39 bits per heavy atom. The number of rotatable bonds is 4. The van der Waals surface area contributed by atoms with E-state index in [1.807, 2.05) is 5.32 Å². The molecule has 0 atom stereocenters. The quantitative estimate of drug-likeness (QED) is 0.856. The van der Waals surface area contributed by atoms with Gasteiger partial charge in [-0.1, -0.05) is 0 Å². The molecule has 0 radical (unpaired) electrons. The summed E-state index contributed by atoms with van der Waals surface area (Å²) in [6.45, 7) is -1.30. The Labute approximate surface area is 102 Å². The van der Waals surface area contributed by atoms with Crippen LogP contribution in [-0.2, 0) is 9.84 Å². The van der Waals surface area contributed by atoms with E-state index >= 15 is 0 Å². The molecule has 0 aliphatic carbocycles. The van der Waals surface area contributed by atoms with Gasteiger partial charge in [0.15, 0.2) is 16.1 Å². The SMILES string of the molecule is CS(=O)(=O)c1ccc(NCC(F)(F)F)c(C=O)c1. The molecule has 0 bridgehead atoms. The number of carbonyl (C=O) groups is 1. The molecule has 100 valence electrons. The fourth-order valence-electron chi connectivity index (χ4n) is 1.23. The van der Waals surface area contributed by atoms with Gasteiger partial charge in [0.1, 0.15) is 6.54 Å². The molecule has 8 heteroatoms. The van der Waals surface area contributed by atoms with Crippen molar-refractivity contribution >= 4 is 21.8 Å². The maximum absolute atomic E-state index is 12.0. The zero-order valence-corrected chi connectivity index (χ0v) is 10.1. The summed E-state index contributed by atoms with van der Waals surface area (Å²) in [5.41, 5.74) is -0.197. The van der Waals surface area contributed by atoms with Gasteiger partial charge in [-0.25, -0.2) is 8.42 Å². The van der Waals surface area contributed by atoms with Gasteiger partial charge < -0.3 is 5.32 Å². The van der Waals surface area contributed by atoms with Gasteiger partial charge in [-0.2, -0.15) is 13.2 Å². The van der Waals surface area contributed by atoms with Crippen LogP contribution >= 0.6 is 0 Å². The number of benzene rings is 1. The average molecular weight is 281 g/mol. The minimum atomic E-state index is -4.42. The summed E-state index contributed by atoms with van der Waals surface area (Å²) < 4.78 is 58.4. The first kappa shape index (κ1) is 14.5. The third-order valence-corrected chi connectivity index (χ3v) is 3.17. The highest BCUT2D eigenvalue weighted by Crippen LogP contribution is 2.21. The molecule has 0 saturated heterocycles. The van der Waals surface area contributed by atoms with E-state index in [9.17, 15) is 26.4 Å². The van der Waals surface area contributed by atoms with E-state index < -0.39 is 22.6 Å². The Balaban J connectivity index is 3.05. The third kappa shape index (κ3) is 4.02. The van der Waals surface area contributed by atoms with E-state index in [2.05, 4.69) is 0 Å². The molecule has 0 saturated carbocycles. The van der Waals surface area contributed by atoms with E-state index in [1.54, 1.807) is 0 Å². The number of halogens is 3. The summed E-state index contributed by atoms with van der Waals surface area (Å²) >= 11 is 0. The molecule has 0 aliphatic rings. The fourth-order valence-corrected chi connectivity index (χ4v) is 1.88. The van der Waals surface area contributed by atoms with Crippen LogP contribution in [0, 0.1) is 0 Å². The lowest BCUT2D eigenvalue weighted by Gasteiger charge is -2.11. The number of aldehydes is 1. The van der Waals surface area contributed by atoms with Crippen molar-refractivity contribution < 1.29 is 26.4 Å². The van der Waals surface area contributed by atoms with Crippen LogP contribution in [0.1, 0.15) is 10.4 Å². The second kappa shape index (κ2) is 4.97. The van der Waals surface area contributed by atoms with Crippen LogP contribution in [0.25, 0.3) is 0 Å². The lowest BCUT2D eigenvalue weighted by Crippen LogP contribution is -2.22. The molecule has 0 unspecified atom stereocenters. The summed E-state index contributed by atoms with van der Waals surface area (Å²) in [7, 11) is -3.50. The van der Waals surface area contributed by atoms with Crippen LogP contribution in [0.4, 0.5) is 18.9 Å². The van der Waals surface area contributed by atoms with Gasteiger partial charge >= 0.3 is 6.18 Å². The van der Waals surface area contributed by atoms with Gasteiger partial charge in [-0.15, -0.1) is 0 Å². The summed E-state index contributed by atoms with van der Waals surface area (Å²) in [5, 5.41) is 2.03. The molecule has 1 aromatic rings. The van der Waals surface area contributed by atoms with Crippen LogP contribution < -0.4 is 5.32 Å². The first-order chi connectivity index (χ1) is 8.13. The molecule has 0 amide bonds. The van der Waals surface area contributed by atoms with Crippen molar-refractivity contribution in [2.45, 2.75) is 11.1 Å². The summed E-state index contributed by atoms with van der Waals surface area (Å²) in [6.07, 6.45) is -3.18. The van der Waals surface area contributed by atoms with Crippen molar-refractivity contribution in [3.8, 4) is 0 Å². The minimum absolute atomic E-state index is 0.0604. The predicted molar refractivity (Wildman–Crippen MR) is 59.5 cm³/mol. The summed E-state index contributed by atoms with van der Waals surface area (Å²) in [4.78, 5) is 10.6. The molecule has 4 nitrogen and oxygen atoms in total. The van der Waals surface area contributed by atoms with Gasteiger partial charge in [0, 0.05) is 17.5 Å². The highest BCUT2D eigenvalue weighted by Gasteiger charge is 2.27. The molecule has 0 heterocycles. The third-order valence-electron chi connectivity index (χ3n) is 2.06. The minimum Gasteiger partial charge on any atom is -0.376 e. The van der Waals surface area contributed by atoms with Crippen molar-refractivity contribution in [2.75, 3.05) is 18.1 Å². The second-order valence-electron chi connectivity index (χ2n) is 3.61. The normalized spacial score (nSPS) is 12.2. The second-order valence-corrected chi connectivity index (χ2v) is 5.62. The van der Waals surface area contributed by atoms with Gasteiger partial charge in [-0.3, -0.25) is 4.79 Å². The largest absolute Gasteiger partial charge is 0.405 e. The number of hydrogen-bond acceptors (Lipinski definition) is 4. The number of carbonyl (C=O) groups excluding carboxylic acids is 1. The molecule has 0 aliphatic heterocycles. The maximum Gasteiger partial charge on any atom is 0.405 e. The van der Waals surface area contributed by atoms with E-state index in [0.29, 0.717) is 6.29 Å². The van der Waals surface area contributed by atoms with Crippen LogP contribution in [0.3, 0.4) is 0 Å². The molecule has 0 fully saturated rings. The standard InChI is InChI=1S/C10H10F3NO3S/c1-18(16,17)8-2-3-9(7(4-8)5-15)14-6-10(11,12)13/h2-5,14H,6H2,1H3. The van der Waals surface area contributed by atoms with E-state index in [-0.39, 0.29) is 16.1 Å². The van der Waals surface area contributed by atoms with Gasteiger partial charge in [0.25, 0.3) is 0 Å². The molecule has 0 spiro atoms. The van der Waals surface area contributed by atoms with Gasteiger partial charge in [0.05, 0.1) is 4.90 Å². The molecule has 0 aromatic heterocycles. The van der Waals surface area contributed by atoms with Crippen molar-refractivity contribution in [1.29, 1.82) is 0 Å². The Bertz CT molecular complexity index is 552. The van der Waals surface area contributed by atoms with Gasteiger partial charge in [-0.05, 0) is 18.2 Å². The molecule has 1 rings (SSSR count). The number of anilines is 1. The smallest absolute Gasteiger partial charge is 0.376 e. The monoisotopic (exact) mass is 281 g/mol. The summed E-state index contributed by atoms with van der Waals surface area (Å²) in [6, 6.07) is 3.30. The fraction of sp³-hybridized carbons (Fsp3) is 0.300. The maximum atomic E-state index is 12.0. The van der Waals surface area contributed by atoms with E-state index in [1.165, 1.54) is 0 Å². The van der Waals surface area contributed by atoms with Gasteiger partial charge in [0.2, 0.25) is 0 Å². The molecule has 1 aromatic carbocycles. The number of hydrogen-bond donors (Lipinski definition) is 1. The van der Waals surface area contributed by atoms with Crippen molar-refractivity contribution in [3.05, 3.63) is 23.8 Å². The zero-order chi connectivity index (χ0) is 14.0. The Morgan fingerprint density at radius 2 is 1.94 bits per heavy atom. The zero-order valence-electron chi connectivity index (χ0n) is 9.28. The lowest BCUT2D eigenvalue weighted by molar-refractivity contribution is -0.115. The Kier molecular flexibility index (Phi) is 4.00. The lowest BCUT2D eigenvalue weighted by atomic mass is 10.2. The van der Waals surface area contributed by atoms with Crippen molar-refractivity contribution in [3.63, 3.8) is 0 Å². The van der Waals surface area contributed by atoms with E-state index in [0.717, 1.165) is 24.5 Å². The van der Waals surface area contributed by atoms with Crippen molar-refractivity contribution in [2.24, 2.45) is 0 Å². The summed E-state index contributed by atoms with van der Waals surface area (Å²) in [5.74, 6) is 0. The Hall–Kier alpha value is -1.57. The van der Waals surface area contributed by atoms with Crippen LogP contribution in [-0.4, -0.2) is 33.7 Å². The van der Waals surface area contributed by atoms with Crippen LogP contribution in [0.2, 0.25) is 0 Å². The molecule has 1 N–H and O–H groups in total. The number of nitrogens with one attached hydrogen (secondary N) is 1. The first-order valence-electron chi connectivity index (χ1n) is 4.73. The highest BCUT2D eigenvalue weighted by atomic mass is 32.2. The molecular formula is C10H10F3NO3S. The van der Waals surface area contributed by atoms with E-state index in [4.69, 9.17) is 0 Å². The number of alkyl halides is 3. The topological polar surface area (TPSA) is 63.2 Å². The predicted octanol–water partition coefficient (Wildman–Crippen LogP) is 1.88.